The Labute approximate surface area is 169 Å². The fourth-order valence-corrected chi connectivity index (χ4v) is 4.27. The van der Waals surface area contributed by atoms with Crippen LogP contribution in [0.15, 0.2) is 46.8 Å². The second-order valence-electron chi connectivity index (χ2n) is 6.65. The minimum absolute atomic E-state index is 0.100. The van der Waals surface area contributed by atoms with Crippen LogP contribution in [0.5, 0.6) is 0 Å². The average Bonchev–Trinajstić information content (AvgIpc) is 2.65. The second-order valence-corrected chi connectivity index (χ2v) is 8.48. The molecule has 1 N–H and O–H groups in total. The lowest BCUT2D eigenvalue weighted by Gasteiger charge is -2.34. The van der Waals surface area contributed by atoms with E-state index in [9.17, 15) is 9.59 Å². The van der Waals surface area contributed by atoms with Crippen molar-refractivity contribution < 1.29 is 14.3 Å². The molecule has 0 radical (unpaired) electrons. The van der Waals surface area contributed by atoms with Gasteiger partial charge in [0.2, 0.25) is 0 Å². The molecule has 27 heavy (non-hydrogen) atoms. The number of hydrogen-bond donors (Lipinski definition) is 1. The van der Waals surface area contributed by atoms with E-state index in [0.717, 1.165) is 41.3 Å². The van der Waals surface area contributed by atoms with Crippen molar-refractivity contribution in [2.75, 3.05) is 18.1 Å². The molecule has 0 aromatic heterocycles. The average molecular weight is 406 g/mol. The van der Waals surface area contributed by atoms with Gasteiger partial charge in [0.25, 0.3) is 0 Å². The van der Waals surface area contributed by atoms with E-state index in [1.807, 2.05) is 19.1 Å². The number of benzene rings is 1. The van der Waals surface area contributed by atoms with Crippen LogP contribution >= 0.6 is 23.4 Å². The number of carbonyl (C=O) groups excluding carboxylic acids is 2. The third-order valence-corrected chi connectivity index (χ3v) is 5.98. The zero-order valence-corrected chi connectivity index (χ0v) is 17.2. The second kappa shape index (κ2) is 8.98. The number of carbonyl (C=O) groups is 2. The number of halogens is 1. The molecule has 3 rings (SSSR count). The molecule has 1 aliphatic heterocycles. The van der Waals surface area contributed by atoms with Crippen molar-refractivity contribution in [1.82, 2.24) is 5.32 Å². The summed E-state index contributed by atoms with van der Waals surface area (Å²) in [5.74, 6) is 1.08. The quantitative estimate of drug-likeness (QED) is 0.553. The normalized spacial score (nSPS) is 19.7. The molecule has 6 heteroatoms. The molecule has 0 saturated carbocycles. The topological polar surface area (TPSA) is 55.4 Å². The van der Waals surface area contributed by atoms with Crippen LogP contribution in [-0.4, -0.2) is 29.9 Å². The number of rotatable bonds is 6. The van der Waals surface area contributed by atoms with Crippen molar-refractivity contribution in [3.8, 4) is 0 Å². The fourth-order valence-electron chi connectivity index (χ4n) is 3.66. The molecule has 1 aromatic rings. The van der Waals surface area contributed by atoms with Gasteiger partial charge in [0.05, 0.1) is 5.57 Å². The number of esters is 1. The fraction of sp³-hybridized carbons (Fsp3) is 0.429. The molecule has 0 amide bonds. The molecule has 1 atom stereocenters. The summed E-state index contributed by atoms with van der Waals surface area (Å²) in [6.45, 7) is 4.31. The number of nitrogens with one attached hydrogen (secondary N) is 1. The van der Waals surface area contributed by atoms with Crippen molar-refractivity contribution in [3.63, 3.8) is 0 Å². The van der Waals surface area contributed by atoms with Crippen LogP contribution in [0, 0.1) is 0 Å². The zero-order valence-electron chi connectivity index (χ0n) is 15.6. The van der Waals surface area contributed by atoms with Crippen molar-refractivity contribution in [3.05, 3.63) is 57.4 Å². The van der Waals surface area contributed by atoms with Gasteiger partial charge < -0.3 is 10.1 Å². The van der Waals surface area contributed by atoms with Gasteiger partial charge in [-0.15, -0.1) is 0 Å². The van der Waals surface area contributed by atoms with E-state index in [0.29, 0.717) is 29.2 Å². The first-order chi connectivity index (χ1) is 13.0. The summed E-state index contributed by atoms with van der Waals surface area (Å²) in [7, 11) is 0. The van der Waals surface area contributed by atoms with E-state index in [-0.39, 0.29) is 11.8 Å². The number of Topliss-reactive ketones (excluding diaryl/α,β-unsaturated/α-hetero) is 1. The molecule has 1 aromatic carbocycles. The largest absolute Gasteiger partial charge is 0.461 e. The van der Waals surface area contributed by atoms with E-state index in [1.165, 1.54) is 0 Å². The van der Waals surface area contributed by atoms with Gasteiger partial charge in [-0.1, -0.05) is 30.7 Å². The lowest BCUT2D eigenvalue weighted by Crippen LogP contribution is -2.34. The number of allylic oxidation sites excluding steroid dienone is 3. The third kappa shape index (κ3) is 4.41. The summed E-state index contributed by atoms with van der Waals surface area (Å²) in [5, 5.41) is 3.92. The van der Waals surface area contributed by atoms with Crippen LogP contribution in [0.3, 0.4) is 0 Å². The van der Waals surface area contributed by atoms with E-state index >= 15 is 0 Å². The smallest absolute Gasteiger partial charge is 0.336 e. The van der Waals surface area contributed by atoms with Gasteiger partial charge in [-0.05, 0) is 43.2 Å². The summed E-state index contributed by atoms with van der Waals surface area (Å²) in [4.78, 5) is 25.7. The van der Waals surface area contributed by atoms with Crippen LogP contribution < -0.4 is 5.32 Å². The Kier molecular flexibility index (Phi) is 6.66. The van der Waals surface area contributed by atoms with Gasteiger partial charge in [0.15, 0.2) is 5.78 Å². The Morgan fingerprint density at radius 2 is 2.04 bits per heavy atom. The van der Waals surface area contributed by atoms with Gasteiger partial charge in [0, 0.05) is 40.1 Å². The van der Waals surface area contributed by atoms with Crippen LogP contribution in [0.4, 0.5) is 0 Å². The Morgan fingerprint density at radius 3 is 2.74 bits per heavy atom. The van der Waals surface area contributed by atoms with Crippen molar-refractivity contribution in [2.24, 2.45) is 0 Å². The van der Waals surface area contributed by atoms with E-state index in [4.69, 9.17) is 16.3 Å². The summed E-state index contributed by atoms with van der Waals surface area (Å²) in [5.41, 5.74) is 3.80. The van der Waals surface area contributed by atoms with E-state index in [2.05, 4.69) is 12.2 Å². The minimum atomic E-state index is -0.405. The molecule has 4 nitrogen and oxygen atoms in total. The third-order valence-electron chi connectivity index (χ3n) is 4.86. The predicted molar refractivity (Wildman–Crippen MR) is 110 cm³/mol. The first-order valence-corrected chi connectivity index (χ1v) is 10.8. The number of dihydropyridines is 1. The zero-order chi connectivity index (χ0) is 19.4. The van der Waals surface area contributed by atoms with Crippen LogP contribution in [0.2, 0.25) is 5.02 Å². The maximum Gasteiger partial charge on any atom is 0.336 e. The Hall–Kier alpha value is -1.72. The molecule has 1 aliphatic carbocycles. The lowest BCUT2D eigenvalue weighted by molar-refractivity contribution is -0.138. The molecule has 2 aliphatic rings. The summed E-state index contributed by atoms with van der Waals surface area (Å²) in [6, 6.07) is 7.36. The first-order valence-electron chi connectivity index (χ1n) is 9.27. The summed E-state index contributed by atoms with van der Waals surface area (Å²) >= 11 is 7.77. The maximum atomic E-state index is 12.9. The highest BCUT2D eigenvalue weighted by atomic mass is 35.5. The standard InChI is InChI=1S/C21H24ClNO3S/c1-3-27-12-11-26-21(25)18-13(2)23-16-5-4-6-17(24)20(16)19(18)14-7-9-15(22)10-8-14/h7-10,19,23H,3-6,11-12H2,1-2H3/t19-/m0/s1. The Morgan fingerprint density at radius 1 is 1.30 bits per heavy atom. The number of ether oxygens (including phenoxy) is 1. The molecule has 144 valence electrons. The monoisotopic (exact) mass is 405 g/mol. The SMILES string of the molecule is CCSCCOC(=O)C1=C(C)NC2=C(C(=O)CCC2)[C@H]1c1ccc(Cl)cc1. The Balaban J connectivity index is 1.97. The molecule has 0 spiro atoms. The molecular formula is C21H24ClNO3S. The van der Waals surface area contributed by atoms with Crippen molar-refractivity contribution in [2.45, 2.75) is 39.0 Å². The van der Waals surface area contributed by atoms with Gasteiger partial charge in [-0.3, -0.25) is 4.79 Å². The molecule has 1 heterocycles. The maximum absolute atomic E-state index is 12.9. The highest BCUT2D eigenvalue weighted by Gasteiger charge is 2.38. The summed E-state index contributed by atoms with van der Waals surface area (Å²) < 4.78 is 5.53. The van der Waals surface area contributed by atoms with Gasteiger partial charge >= 0.3 is 5.97 Å². The first kappa shape index (κ1) is 20.0. The highest BCUT2D eigenvalue weighted by molar-refractivity contribution is 7.99. The molecule has 0 unspecified atom stereocenters. The van der Waals surface area contributed by atoms with Crippen LogP contribution in [0.25, 0.3) is 0 Å². The van der Waals surface area contributed by atoms with Crippen molar-refractivity contribution in [1.29, 1.82) is 0 Å². The van der Waals surface area contributed by atoms with Crippen LogP contribution in [-0.2, 0) is 14.3 Å². The Bertz CT molecular complexity index is 798. The molecule has 0 fully saturated rings. The van der Waals surface area contributed by atoms with Gasteiger partial charge in [0.1, 0.15) is 6.61 Å². The van der Waals surface area contributed by atoms with E-state index in [1.54, 1.807) is 23.9 Å². The molecule has 0 bridgehead atoms. The summed E-state index contributed by atoms with van der Waals surface area (Å²) in [6.07, 6.45) is 2.16. The van der Waals surface area contributed by atoms with Crippen molar-refractivity contribution >= 4 is 35.1 Å². The predicted octanol–water partition coefficient (Wildman–Crippen LogP) is 4.60. The number of ketones is 1. The number of thioether (sulfide) groups is 1. The van der Waals surface area contributed by atoms with Gasteiger partial charge in [-0.25, -0.2) is 4.79 Å². The molecular weight excluding hydrogens is 382 g/mol. The highest BCUT2D eigenvalue weighted by Crippen LogP contribution is 2.42. The van der Waals surface area contributed by atoms with Gasteiger partial charge in [-0.2, -0.15) is 11.8 Å². The number of hydrogen-bond acceptors (Lipinski definition) is 5. The lowest BCUT2D eigenvalue weighted by atomic mass is 9.75. The minimum Gasteiger partial charge on any atom is -0.461 e. The molecule has 0 saturated heterocycles. The van der Waals surface area contributed by atoms with Crippen LogP contribution in [0.1, 0.15) is 44.6 Å². The van der Waals surface area contributed by atoms with E-state index < -0.39 is 5.92 Å².